The van der Waals surface area contributed by atoms with Gasteiger partial charge >= 0.3 is 0 Å². The lowest BCUT2D eigenvalue weighted by Gasteiger charge is -2.32. The molecule has 1 aromatic carbocycles. The van der Waals surface area contributed by atoms with E-state index >= 15 is 0 Å². The smallest absolute Gasteiger partial charge is 0.0388 e. The van der Waals surface area contributed by atoms with E-state index in [0.717, 1.165) is 19.5 Å². The molecule has 0 amide bonds. The van der Waals surface area contributed by atoms with E-state index in [4.69, 9.17) is 5.73 Å². The van der Waals surface area contributed by atoms with E-state index in [1.807, 2.05) is 0 Å². The van der Waals surface area contributed by atoms with Gasteiger partial charge < -0.3 is 15.5 Å². The van der Waals surface area contributed by atoms with Gasteiger partial charge in [-0.1, -0.05) is 12.1 Å². The van der Waals surface area contributed by atoms with Crippen LogP contribution < -0.4 is 10.6 Å². The fraction of sp³-hybridized carbons (Fsp3) is 0.600. The highest BCUT2D eigenvalue weighted by atomic mass is 15.2. The average molecular weight is 249 g/mol. The fourth-order valence-corrected chi connectivity index (χ4v) is 2.40. The van der Waals surface area contributed by atoms with Gasteiger partial charge in [0.25, 0.3) is 0 Å². The number of benzene rings is 1. The van der Waals surface area contributed by atoms with E-state index in [1.165, 1.54) is 11.3 Å². The predicted octanol–water partition coefficient (Wildman–Crippen LogP) is 1.96. The summed E-state index contributed by atoms with van der Waals surface area (Å²) in [6.07, 6.45) is 0.958. The maximum Gasteiger partial charge on any atom is 0.0388 e. The Labute approximate surface area is 112 Å². The largest absolute Gasteiger partial charge is 0.368 e. The Hall–Kier alpha value is -1.06. The first-order valence-electron chi connectivity index (χ1n) is 6.78. The lowest BCUT2D eigenvalue weighted by Crippen LogP contribution is -2.40. The molecule has 0 radical (unpaired) electrons. The van der Waals surface area contributed by atoms with Crippen molar-refractivity contribution in [1.82, 2.24) is 4.90 Å². The zero-order valence-corrected chi connectivity index (χ0v) is 12.2. The van der Waals surface area contributed by atoms with Crippen LogP contribution in [0.5, 0.6) is 0 Å². The van der Waals surface area contributed by atoms with Gasteiger partial charge in [0, 0.05) is 24.8 Å². The molecule has 0 aliphatic rings. The Kier molecular flexibility index (Phi) is 6.16. The summed E-state index contributed by atoms with van der Waals surface area (Å²) < 4.78 is 0. The first-order chi connectivity index (χ1) is 8.58. The molecule has 0 aliphatic heterocycles. The van der Waals surface area contributed by atoms with Crippen molar-refractivity contribution in [2.24, 2.45) is 5.73 Å². The Balaban J connectivity index is 2.75. The number of hydrogen-bond donors (Lipinski definition) is 1. The van der Waals surface area contributed by atoms with Crippen LogP contribution in [0.25, 0.3) is 0 Å². The van der Waals surface area contributed by atoms with E-state index in [9.17, 15) is 0 Å². The van der Waals surface area contributed by atoms with Gasteiger partial charge in [0.05, 0.1) is 0 Å². The molecular weight excluding hydrogens is 222 g/mol. The van der Waals surface area contributed by atoms with Crippen LogP contribution in [0.15, 0.2) is 24.3 Å². The maximum atomic E-state index is 5.57. The van der Waals surface area contributed by atoms with E-state index in [2.05, 4.69) is 62.0 Å². The maximum absolute atomic E-state index is 5.57. The second kappa shape index (κ2) is 7.39. The summed E-state index contributed by atoms with van der Waals surface area (Å²) in [5.41, 5.74) is 8.19. The molecule has 2 N–H and O–H groups in total. The van der Waals surface area contributed by atoms with Gasteiger partial charge in [0.2, 0.25) is 0 Å². The summed E-state index contributed by atoms with van der Waals surface area (Å²) in [6, 6.07) is 9.31. The van der Waals surface area contributed by atoms with Gasteiger partial charge in [-0.15, -0.1) is 0 Å². The van der Waals surface area contributed by atoms with E-state index in [1.54, 1.807) is 0 Å². The van der Waals surface area contributed by atoms with Crippen molar-refractivity contribution < 1.29 is 0 Å². The molecule has 3 heteroatoms. The van der Waals surface area contributed by atoms with Gasteiger partial charge in [0.15, 0.2) is 0 Å². The Morgan fingerprint density at radius 2 is 1.78 bits per heavy atom. The van der Waals surface area contributed by atoms with Crippen molar-refractivity contribution in [2.75, 3.05) is 38.6 Å². The molecule has 18 heavy (non-hydrogen) atoms. The molecule has 1 unspecified atom stereocenters. The fourth-order valence-electron chi connectivity index (χ4n) is 2.40. The number of rotatable bonds is 7. The molecule has 0 bridgehead atoms. The number of nitrogens with zero attached hydrogens (tertiary/aromatic N) is 2. The Bertz CT molecular complexity index is 332. The van der Waals surface area contributed by atoms with Gasteiger partial charge in [-0.3, -0.25) is 0 Å². The summed E-state index contributed by atoms with van der Waals surface area (Å²) in [5.74, 6) is 0. The van der Waals surface area contributed by atoms with E-state index < -0.39 is 0 Å². The average Bonchev–Trinajstić information content (AvgIpc) is 2.31. The molecule has 0 saturated carbocycles. The minimum atomic E-state index is 0.519. The third-order valence-electron chi connectivity index (χ3n) is 3.20. The van der Waals surface area contributed by atoms with Crippen LogP contribution in [-0.4, -0.2) is 44.7 Å². The highest BCUT2D eigenvalue weighted by Crippen LogP contribution is 2.18. The van der Waals surface area contributed by atoms with Crippen LogP contribution in [0.4, 0.5) is 5.69 Å². The zero-order valence-electron chi connectivity index (χ0n) is 12.2. The normalized spacial score (nSPS) is 12.8. The van der Waals surface area contributed by atoms with E-state index in [-0.39, 0.29) is 0 Å². The molecule has 0 heterocycles. The highest BCUT2D eigenvalue weighted by molar-refractivity contribution is 5.48. The number of likely N-dealkylation sites (N-methyl/N-ethyl adjacent to an activating group) is 2. The van der Waals surface area contributed by atoms with Crippen LogP contribution in [0, 0.1) is 0 Å². The third kappa shape index (κ3) is 4.31. The summed E-state index contributed by atoms with van der Waals surface area (Å²) in [7, 11) is 4.24. The summed E-state index contributed by atoms with van der Waals surface area (Å²) in [5, 5.41) is 0. The Morgan fingerprint density at radius 3 is 2.22 bits per heavy atom. The standard InChI is InChI=1S/C15H27N3/c1-5-18(13(2)12-17(3)4)15-8-6-14(7-9-15)10-11-16/h6-9,13H,5,10-12,16H2,1-4H3. The van der Waals surface area contributed by atoms with Crippen LogP contribution in [-0.2, 0) is 6.42 Å². The van der Waals surface area contributed by atoms with Gasteiger partial charge in [-0.25, -0.2) is 0 Å². The first-order valence-corrected chi connectivity index (χ1v) is 6.78. The van der Waals surface area contributed by atoms with Gasteiger partial charge in [-0.05, 0) is 58.6 Å². The molecule has 0 aromatic heterocycles. The second-order valence-electron chi connectivity index (χ2n) is 5.10. The number of nitrogens with two attached hydrogens (primary N) is 1. The quantitative estimate of drug-likeness (QED) is 0.802. The lowest BCUT2D eigenvalue weighted by molar-refractivity contribution is 0.373. The van der Waals surface area contributed by atoms with Crippen LogP contribution in [0.3, 0.4) is 0 Å². The summed E-state index contributed by atoms with van der Waals surface area (Å²) >= 11 is 0. The number of anilines is 1. The first kappa shape index (κ1) is 15.0. The van der Waals surface area contributed by atoms with Crippen LogP contribution >= 0.6 is 0 Å². The Morgan fingerprint density at radius 1 is 1.17 bits per heavy atom. The lowest BCUT2D eigenvalue weighted by atomic mass is 10.1. The predicted molar refractivity (Wildman–Crippen MR) is 80.2 cm³/mol. The van der Waals surface area contributed by atoms with Crippen molar-refractivity contribution in [1.29, 1.82) is 0 Å². The minimum absolute atomic E-state index is 0.519. The molecule has 102 valence electrons. The van der Waals surface area contributed by atoms with Crippen molar-refractivity contribution in [2.45, 2.75) is 26.3 Å². The molecule has 1 aromatic rings. The molecule has 1 atom stereocenters. The molecule has 3 nitrogen and oxygen atoms in total. The monoisotopic (exact) mass is 249 g/mol. The molecule has 0 fully saturated rings. The van der Waals surface area contributed by atoms with Crippen molar-refractivity contribution >= 4 is 5.69 Å². The van der Waals surface area contributed by atoms with Gasteiger partial charge in [0.1, 0.15) is 0 Å². The molecule has 0 saturated heterocycles. The van der Waals surface area contributed by atoms with Crippen molar-refractivity contribution in [3.63, 3.8) is 0 Å². The third-order valence-corrected chi connectivity index (χ3v) is 3.20. The van der Waals surface area contributed by atoms with Gasteiger partial charge in [-0.2, -0.15) is 0 Å². The molecular formula is C15H27N3. The zero-order chi connectivity index (χ0) is 13.5. The molecule has 0 spiro atoms. The summed E-state index contributed by atoms with van der Waals surface area (Å²) in [4.78, 5) is 4.67. The highest BCUT2D eigenvalue weighted by Gasteiger charge is 2.13. The van der Waals surface area contributed by atoms with Crippen LogP contribution in [0.1, 0.15) is 19.4 Å². The minimum Gasteiger partial charge on any atom is -0.368 e. The second-order valence-corrected chi connectivity index (χ2v) is 5.10. The SMILES string of the molecule is CCN(c1ccc(CCN)cc1)C(C)CN(C)C. The van der Waals surface area contributed by atoms with E-state index in [0.29, 0.717) is 12.6 Å². The van der Waals surface area contributed by atoms with Crippen LogP contribution in [0.2, 0.25) is 0 Å². The number of hydrogen-bond acceptors (Lipinski definition) is 3. The van der Waals surface area contributed by atoms with Crippen molar-refractivity contribution in [3.8, 4) is 0 Å². The molecule has 1 rings (SSSR count). The topological polar surface area (TPSA) is 32.5 Å². The summed E-state index contributed by atoms with van der Waals surface area (Å²) in [6.45, 7) is 7.30. The molecule has 0 aliphatic carbocycles. The van der Waals surface area contributed by atoms with Crippen molar-refractivity contribution in [3.05, 3.63) is 29.8 Å².